The zero-order chi connectivity index (χ0) is 20.3. The van der Waals surface area contributed by atoms with E-state index in [-0.39, 0.29) is 29.1 Å². The fraction of sp³-hybridized carbons (Fsp3) is 0.474. The molecule has 0 saturated carbocycles. The van der Waals surface area contributed by atoms with Crippen LogP contribution in [0.5, 0.6) is 5.75 Å². The molecule has 2 aromatic rings. The first-order valence-corrected chi connectivity index (χ1v) is 9.05. The van der Waals surface area contributed by atoms with Crippen LogP contribution in [0, 0.1) is 0 Å². The molecule has 1 atom stereocenters. The van der Waals surface area contributed by atoms with Gasteiger partial charge in [-0.15, -0.1) is 0 Å². The van der Waals surface area contributed by atoms with Crippen molar-refractivity contribution in [2.75, 3.05) is 26.8 Å². The van der Waals surface area contributed by atoms with Crippen LogP contribution in [0.15, 0.2) is 30.5 Å². The smallest absolute Gasteiger partial charge is 0.416 e. The minimum Gasteiger partial charge on any atom is -0.493 e. The van der Waals surface area contributed by atoms with Crippen molar-refractivity contribution in [3.05, 3.63) is 41.7 Å². The quantitative estimate of drug-likeness (QED) is 0.748. The summed E-state index contributed by atoms with van der Waals surface area (Å²) in [6, 6.07) is 4.74. The number of amides is 1. The minimum atomic E-state index is -4.47. The standard InChI is InChI=1S/C19H22F3N3O3/c1-3-24(11-15-8-5-9-28-15)18(26)17-16(27-2)12-25(23-17)14-7-4-6-13(10-14)19(20,21)22/h4,6-7,10,12,15H,3,5,8-9,11H2,1-2H3. The van der Waals surface area contributed by atoms with Crippen LogP contribution in [-0.2, 0) is 10.9 Å². The normalized spacial score (nSPS) is 17.0. The third-order valence-electron chi connectivity index (χ3n) is 4.66. The third-order valence-corrected chi connectivity index (χ3v) is 4.66. The Balaban J connectivity index is 1.88. The Morgan fingerprint density at radius 2 is 2.21 bits per heavy atom. The molecule has 0 radical (unpaired) electrons. The number of benzene rings is 1. The van der Waals surface area contributed by atoms with E-state index >= 15 is 0 Å². The van der Waals surface area contributed by atoms with Gasteiger partial charge in [0.2, 0.25) is 0 Å². The molecule has 28 heavy (non-hydrogen) atoms. The summed E-state index contributed by atoms with van der Waals surface area (Å²) in [5, 5.41) is 4.21. The van der Waals surface area contributed by atoms with Crippen LogP contribution in [0.1, 0.15) is 35.8 Å². The van der Waals surface area contributed by atoms with Crippen LogP contribution in [0.4, 0.5) is 13.2 Å². The number of methoxy groups -OCH3 is 1. The van der Waals surface area contributed by atoms with Gasteiger partial charge >= 0.3 is 6.18 Å². The van der Waals surface area contributed by atoms with Gasteiger partial charge in [-0.3, -0.25) is 4.79 Å². The van der Waals surface area contributed by atoms with Crippen molar-refractivity contribution < 1.29 is 27.4 Å². The molecule has 1 fully saturated rings. The molecule has 9 heteroatoms. The number of ether oxygens (including phenoxy) is 2. The highest BCUT2D eigenvalue weighted by Crippen LogP contribution is 2.31. The van der Waals surface area contributed by atoms with Crippen molar-refractivity contribution in [2.45, 2.75) is 32.0 Å². The van der Waals surface area contributed by atoms with E-state index in [2.05, 4.69) is 5.10 Å². The lowest BCUT2D eigenvalue weighted by Gasteiger charge is -2.23. The van der Waals surface area contributed by atoms with Gasteiger partial charge in [0.25, 0.3) is 5.91 Å². The second kappa shape index (κ2) is 8.22. The molecule has 1 amide bonds. The van der Waals surface area contributed by atoms with Crippen LogP contribution in [-0.4, -0.2) is 53.5 Å². The monoisotopic (exact) mass is 397 g/mol. The average molecular weight is 397 g/mol. The zero-order valence-electron chi connectivity index (χ0n) is 15.7. The molecule has 1 unspecified atom stereocenters. The van der Waals surface area contributed by atoms with Gasteiger partial charge in [-0.05, 0) is 38.0 Å². The number of carbonyl (C=O) groups excluding carboxylic acids is 1. The number of carbonyl (C=O) groups is 1. The molecular weight excluding hydrogens is 375 g/mol. The van der Waals surface area contributed by atoms with Gasteiger partial charge in [-0.25, -0.2) is 4.68 Å². The number of alkyl halides is 3. The van der Waals surface area contributed by atoms with Crippen LogP contribution < -0.4 is 4.74 Å². The molecular formula is C19H22F3N3O3. The molecule has 1 saturated heterocycles. The average Bonchev–Trinajstić information content (AvgIpc) is 3.34. The Morgan fingerprint density at radius 1 is 1.43 bits per heavy atom. The predicted octanol–water partition coefficient (Wildman–Crippen LogP) is 3.54. The van der Waals surface area contributed by atoms with E-state index in [1.165, 1.54) is 30.1 Å². The van der Waals surface area contributed by atoms with Gasteiger partial charge in [0, 0.05) is 19.7 Å². The summed E-state index contributed by atoms with van der Waals surface area (Å²) in [5.74, 6) is -0.145. The minimum absolute atomic E-state index is 0.0135. The van der Waals surface area contributed by atoms with Gasteiger partial charge in [-0.1, -0.05) is 6.07 Å². The lowest BCUT2D eigenvalue weighted by atomic mass is 10.2. The van der Waals surface area contributed by atoms with Crippen molar-refractivity contribution in [3.63, 3.8) is 0 Å². The molecule has 6 nitrogen and oxygen atoms in total. The Kier molecular flexibility index (Phi) is 5.93. The molecule has 152 valence electrons. The second-order valence-electron chi connectivity index (χ2n) is 6.52. The van der Waals surface area contributed by atoms with E-state index in [1.54, 1.807) is 4.90 Å². The summed E-state index contributed by atoms with van der Waals surface area (Å²) in [5.41, 5.74) is -0.546. The van der Waals surface area contributed by atoms with Gasteiger partial charge in [-0.2, -0.15) is 18.3 Å². The summed E-state index contributed by atoms with van der Waals surface area (Å²) in [6.45, 7) is 3.43. The molecule has 1 aliphatic heterocycles. The lowest BCUT2D eigenvalue weighted by Crippen LogP contribution is -2.37. The summed E-state index contributed by atoms with van der Waals surface area (Å²) >= 11 is 0. The molecule has 1 aromatic carbocycles. The van der Waals surface area contributed by atoms with Gasteiger partial charge < -0.3 is 14.4 Å². The molecule has 1 aliphatic rings. The van der Waals surface area contributed by atoms with E-state index in [1.807, 2.05) is 6.92 Å². The highest BCUT2D eigenvalue weighted by atomic mass is 19.4. The topological polar surface area (TPSA) is 56.6 Å². The van der Waals surface area contributed by atoms with E-state index < -0.39 is 11.7 Å². The summed E-state index contributed by atoms with van der Waals surface area (Å²) in [6.07, 6.45) is -1.22. The fourth-order valence-electron chi connectivity index (χ4n) is 3.15. The Labute approximate surface area is 160 Å². The summed E-state index contributed by atoms with van der Waals surface area (Å²) in [7, 11) is 1.39. The molecule has 0 N–H and O–H groups in total. The number of rotatable bonds is 6. The third kappa shape index (κ3) is 4.30. The summed E-state index contributed by atoms with van der Waals surface area (Å²) in [4.78, 5) is 14.6. The highest BCUT2D eigenvalue weighted by molar-refractivity contribution is 5.95. The number of halogens is 3. The molecule has 1 aromatic heterocycles. The Bertz CT molecular complexity index is 829. The first-order valence-electron chi connectivity index (χ1n) is 9.05. The first kappa shape index (κ1) is 20.2. The second-order valence-corrected chi connectivity index (χ2v) is 6.52. The van der Waals surface area contributed by atoms with Crippen molar-refractivity contribution in [1.29, 1.82) is 0 Å². The van der Waals surface area contributed by atoms with Crippen molar-refractivity contribution in [1.82, 2.24) is 14.7 Å². The van der Waals surface area contributed by atoms with Crippen molar-refractivity contribution in [3.8, 4) is 11.4 Å². The molecule has 2 heterocycles. The maximum Gasteiger partial charge on any atom is 0.416 e. The zero-order valence-corrected chi connectivity index (χ0v) is 15.7. The van der Waals surface area contributed by atoms with E-state index in [0.717, 1.165) is 25.0 Å². The van der Waals surface area contributed by atoms with Crippen LogP contribution in [0.2, 0.25) is 0 Å². The fourth-order valence-corrected chi connectivity index (χ4v) is 3.15. The van der Waals surface area contributed by atoms with Gasteiger partial charge in [0.1, 0.15) is 0 Å². The molecule has 3 rings (SSSR count). The Morgan fingerprint density at radius 3 is 2.82 bits per heavy atom. The molecule has 0 aliphatic carbocycles. The molecule has 0 spiro atoms. The van der Waals surface area contributed by atoms with Crippen LogP contribution in [0.3, 0.4) is 0 Å². The number of hydrogen-bond donors (Lipinski definition) is 0. The van der Waals surface area contributed by atoms with Crippen LogP contribution in [0.25, 0.3) is 5.69 Å². The maximum atomic E-state index is 13.0. The number of hydrogen-bond acceptors (Lipinski definition) is 4. The highest BCUT2D eigenvalue weighted by Gasteiger charge is 2.31. The first-order chi connectivity index (χ1) is 13.3. The van der Waals surface area contributed by atoms with Crippen molar-refractivity contribution >= 4 is 5.91 Å². The lowest BCUT2D eigenvalue weighted by molar-refractivity contribution is -0.137. The van der Waals surface area contributed by atoms with Crippen molar-refractivity contribution in [2.24, 2.45) is 0 Å². The summed E-state index contributed by atoms with van der Waals surface area (Å²) < 4.78 is 51.0. The van der Waals surface area contributed by atoms with Gasteiger partial charge in [0.15, 0.2) is 11.4 Å². The van der Waals surface area contributed by atoms with E-state index in [0.29, 0.717) is 19.7 Å². The van der Waals surface area contributed by atoms with Crippen LogP contribution >= 0.6 is 0 Å². The molecule has 0 bridgehead atoms. The maximum absolute atomic E-state index is 13.0. The van der Waals surface area contributed by atoms with E-state index in [4.69, 9.17) is 9.47 Å². The van der Waals surface area contributed by atoms with Gasteiger partial charge in [0.05, 0.1) is 30.7 Å². The largest absolute Gasteiger partial charge is 0.493 e. The predicted molar refractivity (Wildman–Crippen MR) is 95.7 cm³/mol. The number of aromatic nitrogens is 2. The Hall–Kier alpha value is -2.55. The number of nitrogens with zero attached hydrogens (tertiary/aromatic N) is 3. The van der Waals surface area contributed by atoms with E-state index in [9.17, 15) is 18.0 Å². The SMILES string of the molecule is CCN(CC1CCCO1)C(=O)c1nn(-c2cccc(C(F)(F)F)c2)cc1OC. The number of likely N-dealkylation sites (N-methyl/N-ethyl adjacent to an activating group) is 1.